The lowest BCUT2D eigenvalue weighted by Crippen LogP contribution is -2.57. The Labute approximate surface area is 274 Å². The number of hydrogen-bond acceptors (Lipinski definition) is 7. The van der Waals surface area contributed by atoms with Crippen LogP contribution in [0.3, 0.4) is 0 Å². The van der Waals surface area contributed by atoms with Crippen molar-refractivity contribution >= 4 is 23.9 Å². The Morgan fingerprint density at radius 1 is 0.891 bits per heavy atom. The number of alkyl carbamates (subject to hydrolysis) is 1. The number of aliphatic hydroxyl groups excluding tert-OH is 1. The second-order valence-electron chi connectivity index (χ2n) is 13.8. The van der Waals surface area contributed by atoms with Crippen molar-refractivity contribution in [3.63, 3.8) is 0 Å². The first-order valence-electron chi connectivity index (χ1n) is 15.9. The summed E-state index contributed by atoms with van der Waals surface area (Å²) >= 11 is 0. The van der Waals surface area contributed by atoms with E-state index in [-0.39, 0.29) is 18.9 Å². The lowest BCUT2D eigenvalue weighted by molar-refractivity contribution is -0.159. The van der Waals surface area contributed by atoms with E-state index in [0.717, 1.165) is 16.7 Å². The van der Waals surface area contributed by atoms with Gasteiger partial charge in [0, 0.05) is 13.0 Å². The van der Waals surface area contributed by atoms with Crippen molar-refractivity contribution in [2.24, 2.45) is 5.92 Å². The maximum atomic E-state index is 14.4. The van der Waals surface area contributed by atoms with E-state index in [0.29, 0.717) is 12.0 Å². The first-order valence-corrected chi connectivity index (χ1v) is 15.9. The van der Waals surface area contributed by atoms with E-state index < -0.39 is 59.8 Å². The number of esters is 1. The van der Waals surface area contributed by atoms with Gasteiger partial charge < -0.3 is 30.1 Å². The molecule has 0 aliphatic carbocycles. The number of amides is 3. The van der Waals surface area contributed by atoms with E-state index in [1.807, 2.05) is 70.2 Å². The predicted molar refractivity (Wildman–Crippen MR) is 178 cm³/mol. The molecule has 0 aromatic heterocycles. The standard InChI is InChI=1S/C36H53N3O7/c1-11-24(3)29(38-34(44)46-36(8,9)10)32(42)39(19-20-40)30(27-18-17-23(2)21-25(27)4)31(41)37-28(33(43)45-35(5,6)7)22-26-15-13-12-14-16-26/h12-18,21,24,28-30,40H,11,19-20,22H2,1-10H3,(H,37,41)(H,38,44). The fraction of sp³-hybridized carbons (Fsp3) is 0.556. The smallest absolute Gasteiger partial charge is 0.408 e. The molecule has 2 rings (SSSR count). The van der Waals surface area contributed by atoms with Gasteiger partial charge in [0.2, 0.25) is 11.8 Å². The molecule has 0 heterocycles. The third kappa shape index (κ3) is 11.8. The van der Waals surface area contributed by atoms with Crippen LogP contribution < -0.4 is 10.6 Å². The van der Waals surface area contributed by atoms with Crippen LogP contribution in [0.4, 0.5) is 4.79 Å². The summed E-state index contributed by atoms with van der Waals surface area (Å²) in [5, 5.41) is 15.8. The maximum absolute atomic E-state index is 14.4. The van der Waals surface area contributed by atoms with Crippen molar-refractivity contribution in [3.8, 4) is 0 Å². The van der Waals surface area contributed by atoms with Gasteiger partial charge in [0.05, 0.1) is 6.61 Å². The molecule has 0 fully saturated rings. The fourth-order valence-corrected chi connectivity index (χ4v) is 5.02. The Kier molecular flexibility index (Phi) is 13.8. The number of carbonyl (C=O) groups excluding carboxylic acids is 4. The molecule has 254 valence electrons. The summed E-state index contributed by atoms with van der Waals surface area (Å²) in [6.45, 7) is 17.2. The molecule has 3 N–H and O–H groups in total. The molecule has 0 radical (unpaired) electrons. The van der Waals surface area contributed by atoms with Crippen molar-refractivity contribution < 1.29 is 33.8 Å². The van der Waals surface area contributed by atoms with E-state index in [1.165, 1.54) is 4.90 Å². The van der Waals surface area contributed by atoms with Crippen molar-refractivity contribution in [1.29, 1.82) is 0 Å². The molecule has 4 unspecified atom stereocenters. The lowest BCUT2D eigenvalue weighted by Gasteiger charge is -2.37. The van der Waals surface area contributed by atoms with E-state index >= 15 is 0 Å². The Hall–Kier alpha value is -3.92. The topological polar surface area (TPSA) is 134 Å². The number of ether oxygens (including phenoxy) is 2. The third-order valence-corrected chi connectivity index (χ3v) is 7.35. The van der Waals surface area contributed by atoms with Crippen molar-refractivity contribution in [2.45, 2.75) is 111 Å². The molecule has 0 spiro atoms. The van der Waals surface area contributed by atoms with Crippen LogP contribution in [-0.2, 0) is 30.3 Å². The van der Waals surface area contributed by atoms with E-state index in [2.05, 4.69) is 10.6 Å². The van der Waals surface area contributed by atoms with E-state index in [1.54, 1.807) is 47.6 Å². The van der Waals surface area contributed by atoms with Gasteiger partial charge in [-0.3, -0.25) is 9.59 Å². The Morgan fingerprint density at radius 2 is 1.50 bits per heavy atom. The Bertz CT molecular complexity index is 1330. The fourth-order valence-electron chi connectivity index (χ4n) is 5.02. The summed E-state index contributed by atoms with van der Waals surface area (Å²) in [6, 6.07) is 11.4. The molecule has 10 heteroatoms. The molecule has 3 amide bonds. The van der Waals surface area contributed by atoms with Crippen LogP contribution in [-0.4, -0.2) is 70.3 Å². The van der Waals surface area contributed by atoms with Crippen LogP contribution in [0, 0.1) is 19.8 Å². The average Bonchev–Trinajstić information content (AvgIpc) is 2.94. The van der Waals surface area contributed by atoms with Gasteiger partial charge in [-0.1, -0.05) is 74.4 Å². The van der Waals surface area contributed by atoms with Crippen LogP contribution in [0.1, 0.15) is 90.1 Å². The maximum Gasteiger partial charge on any atom is 0.408 e. The zero-order valence-electron chi connectivity index (χ0n) is 29.1. The molecule has 0 aliphatic rings. The highest BCUT2D eigenvalue weighted by molar-refractivity contribution is 5.94. The summed E-state index contributed by atoms with van der Waals surface area (Å²) < 4.78 is 11.1. The molecule has 0 saturated heterocycles. The summed E-state index contributed by atoms with van der Waals surface area (Å²) in [5.74, 6) is -2.14. The first-order chi connectivity index (χ1) is 21.4. The van der Waals surface area contributed by atoms with Gasteiger partial charge in [-0.25, -0.2) is 9.59 Å². The molecule has 0 bridgehead atoms. The van der Waals surface area contributed by atoms with Crippen molar-refractivity contribution in [3.05, 3.63) is 70.8 Å². The van der Waals surface area contributed by atoms with Gasteiger partial charge in [0.25, 0.3) is 0 Å². The molecule has 2 aromatic rings. The van der Waals surface area contributed by atoms with Crippen LogP contribution in [0.5, 0.6) is 0 Å². The second-order valence-corrected chi connectivity index (χ2v) is 13.8. The number of nitrogens with one attached hydrogen (secondary N) is 2. The molecule has 0 aliphatic heterocycles. The molecule has 0 saturated carbocycles. The lowest BCUT2D eigenvalue weighted by atomic mass is 9.93. The molecule has 2 aromatic carbocycles. The highest BCUT2D eigenvalue weighted by Gasteiger charge is 2.40. The Balaban J connectivity index is 2.64. The molecular formula is C36H53N3O7. The van der Waals surface area contributed by atoms with Crippen LogP contribution in [0.2, 0.25) is 0 Å². The highest BCUT2D eigenvalue weighted by Crippen LogP contribution is 2.28. The highest BCUT2D eigenvalue weighted by atomic mass is 16.6. The van der Waals surface area contributed by atoms with Gasteiger partial charge in [-0.2, -0.15) is 0 Å². The summed E-state index contributed by atoms with van der Waals surface area (Å²) in [6.07, 6.45) is -0.0715. The van der Waals surface area contributed by atoms with Crippen LogP contribution in [0.15, 0.2) is 48.5 Å². The molecule has 46 heavy (non-hydrogen) atoms. The normalized spacial score (nSPS) is 14.3. The zero-order valence-corrected chi connectivity index (χ0v) is 29.1. The average molecular weight is 640 g/mol. The molecule has 10 nitrogen and oxygen atoms in total. The second kappa shape index (κ2) is 16.6. The number of carbonyl (C=O) groups is 4. The number of hydrogen-bond donors (Lipinski definition) is 3. The predicted octanol–water partition coefficient (Wildman–Crippen LogP) is 5.17. The monoisotopic (exact) mass is 639 g/mol. The minimum Gasteiger partial charge on any atom is -0.458 e. The van der Waals surface area contributed by atoms with Crippen molar-refractivity contribution in [2.75, 3.05) is 13.2 Å². The van der Waals surface area contributed by atoms with Gasteiger partial charge in [-0.15, -0.1) is 0 Å². The van der Waals surface area contributed by atoms with Crippen molar-refractivity contribution in [1.82, 2.24) is 15.5 Å². The number of rotatable bonds is 13. The molecular weight excluding hydrogens is 586 g/mol. The number of aryl methyl sites for hydroxylation is 2. The zero-order chi connectivity index (χ0) is 34.8. The van der Waals surface area contributed by atoms with E-state index in [4.69, 9.17) is 9.47 Å². The minimum atomic E-state index is -1.24. The largest absolute Gasteiger partial charge is 0.458 e. The van der Waals surface area contributed by atoms with Gasteiger partial charge in [0.1, 0.15) is 29.3 Å². The summed E-state index contributed by atoms with van der Waals surface area (Å²) in [5.41, 5.74) is 1.43. The van der Waals surface area contributed by atoms with Crippen LogP contribution in [0.25, 0.3) is 0 Å². The Morgan fingerprint density at radius 3 is 2.02 bits per heavy atom. The number of aliphatic hydroxyl groups is 1. The van der Waals surface area contributed by atoms with Gasteiger partial charge in [0.15, 0.2) is 0 Å². The third-order valence-electron chi connectivity index (χ3n) is 7.35. The van der Waals surface area contributed by atoms with Gasteiger partial charge in [-0.05, 0) is 78.0 Å². The quantitative estimate of drug-likeness (QED) is 0.257. The minimum absolute atomic E-state index is 0.157. The summed E-state index contributed by atoms with van der Waals surface area (Å²) in [7, 11) is 0. The number of nitrogens with zero attached hydrogens (tertiary/aromatic N) is 1. The SMILES string of the molecule is CCC(C)C(NC(=O)OC(C)(C)C)C(=O)N(CCO)C(C(=O)NC(Cc1ccccc1)C(=O)OC(C)(C)C)c1ccc(C)cc1C. The van der Waals surface area contributed by atoms with Gasteiger partial charge >= 0.3 is 12.1 Å². The molecule has 4 atom stereocenters. The van der Waals surface area contributed by atoms with E-state index in [9.17, 15) is 24.3 Å². The summed E-state index contributed by atoms with van der Waals surface area (Å²) in [4.78, 5) is 56.4. The number of benzene rings is 2. The van der Waals surface area contributed by atoms with Crippen LogP contribution >= 0.6 is 0 Å². The first kappa shape index (κ1) is 38.3.